The standard InChI is InChI=1S/C22H38N4O2/c23-18-20(19-24-12-13-26-14-16-28-17-15-26)22(27)25-21-10-8-6-4-2-1-3-5-7-9-11-21/h19,21,24H,1-17H2,(H,25,27)/b20-19-. The third-order valence-corrected chi connectivity index (χ3v) is 5.73. The minimum atomic E-state index is -0.238. The number of nitrogens with zero attached hydrogens (tertiary/aromatic N) is 2. The molecule has 6 nitrogen and oxygen atoms in total. The molecule has 0 atom stereocenters. The summed E-state index contributed by atoms with van der Waals surface area (Å²) in [5.41, 5.74) is 0.174. The molecule has 1 aliphatic carbocycles. The van der Waals surface area contributed by atoms with E-state index in [4.69, 9.17) is 4.74 Å². The van der Waals surface area contributed by atoms with Gasteiger partial charge in [-0.2, -0.15) is 5.26 Å². The van der Waals surface area contributed by atoms with Gasteiger partial charge in [-0.15, -0.1) is 0 Å². The summed E-state index contributed by atoms with van der Waals surface area (Å²) >= 11 is 0. The van der Waals surface area contributed by atoms with Crippen molar-refractivity contribution in [3.63, 3.8) is 0 Å². The number of nitrogens with one attached hydrogen (secondary N) is 2. The first kappa shape index (κ1) is 22.7. The summed E-state index contributed by atoms with van der Waals surface area (Å²) in [6.07, 6.45) is 15.1. The maximum Gasteiger partial charge on any atom is 0.263 e. The SMILES string of the molecule is N#C/C(=C/NCCN1CCOCC1)C(=O)NC1CCCCCCCCCCC1. The lowest BCUT2D eigenvalue weighted by Crippen LogP contribution is -2.40. The molecule has 0 aromatic heterocycles. The van der Waals surface area contributed by atoms with Gasteiger partial charge in [-0.05, 0) is 12.8 Å². The summed E-state index contributed by atoms with van der Waals surface area (Å²) in [6.45, 7) is 5.06. The molecular weight excluding hydrogens is 352 g/mol. The van der Waals surface area contributed by atoms with E-state index in [1.807, 2.05) is 0 Å². The van der Waals surface area contributed by atoms with Crippen molar-refractivity contribution in [2.24, 2.45) is 0 Å². The van der Waals surface area contributed by atoms with E-state index in [0.29, 0.717) is 0 Å². The highest BCUT2D eigenvalue weighted by Crippen LogP contribution is 2.17. The molecule has 2 N–H and O–H groups in total. The maximum atomic E-state index is 12.5. The summed E-state index contributed by atoms with van der Waals surface area (Å²) < 4.78 is 5.34. The van der Waals surface area contributed by atoms with Gasteiger partial charge in [-0.1, -0.05) is 57.8 Å². The Balaban J connectivity index is 1.74. The van der Waals surface area contributed by atoms with Gasteiger partial charge in [-0.25, -0.2) is 0 Å². The second-order valence-corrected chi connectivity index (χ2v) is 8.01. The van der Waals surface area contributed by atoms with Crippen molar-refractivity contribution >= 4 is 5.91 Å². The highest BCUT2D eigenvalue weighted by Gasteiger charge is 2.16. The molecule has 28 heavy (non-hydrogen) atoms. The predicted octanol–water partition coefficient (Wildman–Crippen LogP) is 3.11. The topological polar surface area (TPSA) is 77.4 Å². The summed E-state index contributed by atoms with van der Waals surface area (Å²) in [7, 11) is 0. The average Bonchev–Trinajstić information content (AvgIpc) is 2.71. The van der Waals surface area contributed by atoms with Gasteiger partial charge in [0.05, 0.1) is 13.2 Å². The van der Waals surface area contributed by atoms with Crippen molar-refractivity contribution in [3.8, 4) is 6.07 Å². The number of rotatable bonds is 6. The largest absolute Gasteiger partial charge is 0.388 e. The van der Waals surface area contributed by atoms with Crippen LogP contribution >= 0.6 is 0 Å². The zero-order chi connectivity index (χ0) is 19.9. The molecule has 1 saturated carbocycles. The molecule has 0 aromatic carbocycles. The number of ether oxygens (including phenoxy) is 1. The number of nitriles is 1. The Hall–Kier alpha value is -1.58. The van der Waals surface area contributed by atoms with Gasteiger partial charge in [0.1, 0.15) is 11.6 Å². The molecule has 0 spiro atoms. The van der Waals surface area contributed by atoms with Gasteiger partial charge >= 0.3 is 0 Å². The van der Waals surface area contributed by atoms with Crippen LogP contribution in [0.5, 0.6) is 0 Å². The van der Waals surface area contributed by atoms with Crippen molar-refractivity contribution in [1.29, 1.82) is 5.26 Å². The van der Waals surface area contributed by atoms with Crippen LogP contribution in [-0.4, -0.2) is 56.2 Å². The number of carbonyl (C=O) groups excluding carboxylic acids is 1. The summed E-state index contributed by atoms with van der Waals surface area (Å²) in [4.78, 5) is 14.9. The molecule has 6 heteroatoms. The summed E-state index contributed by atoms with van der Waals surface area (Å²) in [5.74, 6) is -0.238. The minimum Gasteiger partial charge on any atom is -0.388 e. The third-order valence-electron chi connectivity index (χ3n) is 5.73. The first-order chi connectivity index (χ1) is 13.8. The van der Waals surface area contributed by atoms with Crippen molar-refractivity contribution in [1.82, 2.24) is 15.5 Å². The van der Waals surface area contributed by atoms with E-state index in [0.717, 1.165) is 65.1 Å². The lowest BCUT2D eigenvalue weighted by atomic mass is 9.98. The number of hydrogen-bond acceptors (Lipinski definition) is 5. The molecule has 2 rings (SSSR count). The fourth-order valence-electron chi connectivity index (χ4n) is 3.94. The number of amides is 1. The van der Waals surface area contributed by atoms with Crippen LogP contribution in [0.15, 0.2) is 11.8 Å². The van der Waals surface area contributed by atoms with Crippen LogP contribution in [0.3, 0.4) is 0 Å². The zero-order valence-corrected chi connectivity index (χ0v) is 17.4. The van der Waals surface area contributed by atoms with Crippen molar-refractivity contribution in [2.45, 2.75) is 76.7 Å². The van der Waals surface area contributed by atoms with E-state index >= 15 is 0 Å². The minimum absolute atomic E-state index is 0.174. The molecule has 0 bridgehead atoms. The molecule has 0 unspecified atom stereocenters. The maximum absolute atomic E-state index is 12.5. The fourth-order valence-corrected chi connectivity index (χ4v) is 3.94. The quantitative estimate of drug-likeness (QED) is 0.414. The van der Waals surface area contributed by atoms with Crippen LogP contribution in [-0.2, 0) is 9.53 Å². The number of morpholine rings is 1. The Labute approximate surface area is 170 Å². The Kier molecular flexibility index (Phi) is 11.7. The third kappa shape index (κ3) is 9.57. The Bertz CT molecular complexity index is 497. The lowest BCUT2D eigenvalue weighted by molar-refractivity contribution is -0.117. The highest BCUT2D eigenvalue weighted by molar-refractivity contribution is 5.97. The fraction of sp³-hybridized carbons (Fsp3) is 0.818. The second kappa shape index (κ2) is 14.4. The van der Waals surface area contributed by atoms with Crippen molar-refractivity contribution in [2.75, 3.05) is 39.4 Å². The number of carbonyl (C=O) groups is 1. The normalized spacial score (nSPS) is 21.8. The molecular formula is C22H38N4O2. The molecule has 1 aliphatic heterocycles. The monoisotopic (exact) mass is 390 g/mol. The smallest absolute Gasteiger partial charge is 0.263 e. The zero-order valence-electron chi connectivity index (χ0n) is 17.4. The van der Waals surface area contributed by atoms with Gasteiger partial charge in [0.15, 0.2) is 0 Å². The Morgan fingerprint density at radius 3 is 2.14 bits per heavy atom. The second-order valence-electron chi connectivity index (χ2n) is 8.01. The first-order valence-corrected chi connectivity index (χ1v) is 11.2. The van der Waals surface area contributed by atoms with Gasteiger partial charge in [0.25, 0.3) is 5.91 Å². The molecule has 1 heterocycles. The predicted molar refractivity (Wildman–Crippen MR) is 112 cm³/mol. The summed E-state index contributed by atoms with van der Waals surface area (Å²) in [5, 5.41) is 15.6. The van der Waals surface area contributed by atoms with Crippen LogP contribution in [0, 0.1) is 11.3 Å². The summed E-state index contributed by atoms with van der Waals surface area (Å²) in [6, 6.07) is 2.24. The van der Waals surface area contributed by atoms with Crippen LogP contribution in [0.4, 0.5) is 0 Å². The molecule has 158 valence electrons. The van der Waals surface area contributed by atoms with Gasteiger partial charge in [-0.3, -0.25) is 9.69 Å². The Morgan fingerprint density at radius 1 is 1.00 bits per heavy atom. The van der Waals surface area contributed by atoms with Crippen molar-refractivity contribution in [3.05, 3.63) is 11.8 Å². The van der Waals surface area contributed by atoms with E-state index < -0.39 is 0 Å². The number of hydrogen-bond donors (Lipinski definition) is 2. The lowest BCUT2D eigenvalue weighted by Gasteiger charge is -2.26. The van der Waals surface area contributed by atoms with Crippen LogP contribution in [0.2, 0.25) is 0 Å². The van der Waals surface area contributed by atoms with Gasteiger partial charge in [0.2, 0.25) is 0 Å². The molecule has 1 saturated heterocycles. The molecule has 2 fully saturated rings. The average molecular weight is 391 g/mol. The van der Waals surface area contributed by atoms with Crippen LogP contribution in [0.25, 0.3) is 0 Å². The molecule has 2 aliphatic rings. The van der Waals surface area contributed by atoms with E-state index in [9.17, 15) is 10.1 Å². The van der Waals surface area contributed by atoms with E-state index in [1.165, 1.54) is 44.9 Å². The Morgan fingerprint density at radius 2 is 1.57 bits per heavy atom. The van der Waals surface area contributed by atoms with E-state index in [1.54, 1.807) is 6.20 Å². The van der Waals surface area contributed by atoms with E-state index in [2.05, 4.69) is 21.6 Å². The van der Waals surface area contributed by atoms with Crippen LogP contribution in [0.1, 0.15) is 70.6 Å². The van der Waals surface area contributed by atoms with Crippen molar-refractivity contribution < 1.29 is 9.53 Å². The highest BCUT2D eigenvalue weighted by atomic mass is 16.5. The molecule has 1 amide bonds. The van der Waals surface area contributed by atoms with E-state index in [-0.39, 0.29) is 17.5 Å². The first-order valence-electron chi connectivity index (χ1n) is 11.2. The molecule has 0 radical (unpaired) electrons. The van der Waals surface area contributed by atoms with Gasteiger partial charge in [0, 0.05) is 38.4 Å². The van der Waals surface area contributed by atoms with Crippen LogP contribution < -0.4 is 10.6 Å². The van der Waals surface area contributed by atoms with Gasteiger partial charge < -0.3 is 15.4 Å². The molecule has 0 aromatic rings.